The van der Waals surface area contributed by atoms with E-state index in [9.17, 15) is 4.79 Å². The zero-order chi connectivity index (χ0) is 24.2. The second-order valence-electron chi connectivity index (χ2n) is 7.79. The Labute approximate surface area is 207 Å². The Morgan fingerprint density at radius 2 is 1.91 bits per heavy atom. The van der Waals surface area contributed by atoms with E-state index in [4.69, 9.17) is 9.72 Å². The zero-order valence-corrected chi connectivity index (χ0v) is 21.4. The highest BCUT2D eigenvalue weighted by atomic mass is 32.2. The van der Waals surface area contributed by atoms with Crippen molar-refractivity contribution in [3.63, 3.8) is 0 Å². The SMILES string of the molecule is CCOc1ccccc1-n1nnnc1SCc1csc(N(C(C)=O)c2c(C)cc(C)cc2C)n1. The Bertz CT molecular complexity index is 1290. The van der Waals surface area contributed by atoms with Gasteiger partial charge in [0.05, 0.1) is 18.0 Å². The number of amides is 1. The molecule has 0 aliphatic carbocycles. The minimum absolute atomic E-state index is 0.0694. The summed E-state index contributed by atoms with van der Waals surface area (Å²) in [5.74, 6) is 1.21. The second-order valence-corrected chi connectivity index (χ2v) is 9.56. The van der Waals surface area contributed by atoms with Crippen molar-refractivity contribution in [2.24, 2.45) is 0 Å². The van der Waals surface area contributed by atoms with Crippen LogP contribution in [0, 0.1) is 20.8 Å². The third-order valence-corrected chi connectivity index (χ3v) is 6.92. The van der Waals surface area contributed by atoms with Gasteiger partial charge in [-0.05, 0) is 61.4 Å². The molecule has 4 rings (SSSR count). The number of rotatable bonds is 8. The molecule has 1 amide bonds. The maximum atomic E-state index is 12.6. The molecule has 0 saturated heterocycles. The van der Waals surface area contributed by atoms with Crippen LogP contribution >= 0.6 is 23.1 Å². The van der Waals surface area contributed by atoms with E-state index < -0.39 is 0 Å². The molecule has 34 heavy (non-hydrogen) atoms. The maximum absolute atomic E-state index is 12.6. The van der Waals surface area contributed by atoms with Crippen LogP contribution in [0.2, 0.25) is 0 Å². The molecule has 0 atom stereocenters. The van der Waals surface area contributed by atoms with Gasteiger partial charge in [0.15, 0.2) is 5.13 Å². The van der Waals surface area contributed by atoms with Gasteiger partial charge in [0, 0.05) is 18.1 Å². The number of thiazole rings is 1. The predicted molar refractivity (Wildman–Crippen MR) is 135 cm³/mol. The fourth-order valence-corrected chi connectivity index (χ4v) is 5.60. The fraction of sp³-hybridized carbons (Fsp3) is 0.292. The van der Waals surface area contributed by atoms with Gasteiger partial charge in [0.1, 0.15) is 11.4 Å². The van der Waals surface area contributed by atoms with Gasteiger partial charge in [-0.25, -0.2) is 4.98 Å². The molecule has 0 aliphatic heterocycles. The van der Waals surface area contributed by atoms with Crippen LogP contribution in [-0.2, 0) is 10.5 Å². The lowest BCUT2D eigenvalue weighted by molar-refractivity contribution is -0.115. The molecule has 10 heteroatoms. The first-order valence-corrected chi connectivity index (χ1v) is 12.7. The number of aryl methyl sites for hydroxylation is 3. The van der Waals surface area contributed by atoms with Crippen LogP contribution in [0.15, 0.2) is 46.9 Å². The van der Waals surface area contributed by atoms with Gasteiger partial charge in [-0.2, -0.15) is 4.68 Å². The minimum atomic E-state index is -0.0694. The van der Waals surface area contributed by atoms with Crippen LogP contribution in [0.5, 0.6) is 5.75 Å². The number of para-hydroxylation sites is 2. The van der Waals surface area contributed by atoms with E-state index in [1.165, 1.54) is 28.7 Å². The van der Waals surface area contributed by atoms with Crippen molar-refractivity contribution in [3.8, 4) is 11.4 Å². The zero-order valence-electron chi connectivity index (χ0n) is 19.8. The van der Waals surface area contributed by atoms with Crippen LogP contribution in [-0.4, -0.2) is 37.7 Å². The van der Waals surface area contributed by atoms with Gasteiger partial charge in [-0.3, -0.25) is 9.69 Å². The largest absolute Gasteiger partial charge is 0.492 e. The Balaban J connectivity index is 1.56. The number of ether oxygens (including phenoxy) is 1. The molecular weight excluding hydrogens is 468 g/mol. The monoisotopic (exact) mass is 494 g/mol. The third kappa shape index (κ3) is 4.97. The van der Waals surface area contributed by atoms with Crippen LogP contribution in [0.4, 0.5) is 10.8 Å². The van der Waals surface area contributed by atoms with E-state index in [0.717, 1.165) is 33.9 Å². The standard InChI is InChI=1S/C24H26N6O2S2/c1-6-32-21-10-8-7-9-20(21)30-24(26-27-28-30)34-14-19-13-33-23(25-19)29(18(5)31)22-16(3)11-15(2)12-17(22)4/h7-13H,6,14H2,1-5H3. The summed E-state index contributed by atoms with van der Waals surface area (Å²) >= 11 is 2.93. The van der Waals surface area contributed by atoms with Crippen LogP contribution < -0.4 is 9.64 Å². The normalized spacial score (nSPS) is 11.0. The molecule has 0 bridgehead atoms. The van der Waals surface area contributed by atoms with Gasteiger partial charge >= 0.3 is 0 Å². The highest BCUT2D eigenvalue weighted by Crippen LogP contribution is 2.35. The Kier molecular flexibility index (Phi) is 7.28. The van der Waals surface area contributed by atoms with E-state index in [1.807, 2.05) is 50.4 Å². The maximum Gasteiger partial charge on any atom is 0.230 e. The number of carbonyl (C=O) groups excluding carboxylic acids is 1. The number of carbonyl (C=O) groups is 1. The summed E-state index contributed by atoms with van der Waals surface area (Å²) in [5, 5.41) is 15.4. The lowest BCUT2D eigenvalue weighted by atomic mass is 10.0. The van der Waals surface area contributed by atoms with Crippen LogP contribution in [0.1, 0.15) is 36.2 Å². The fourth-order valence-electron chi connectivity index (χ4n) is 3.85. The van der Waals surface area contributed by atoms with E-state index >= 15 is 0 Å². The number of tetrazole rings is 1. The number of thioether (sulfide) groups is 1. The number of nitrogens with zero attached hydrogens (tertiary/aromatic N) is 6. The van der Waals surface area contributed by atoms with Gasteiger partial charge in [-0.15, -0.1) is 16.4 Å². The topological polar surface area (TPSA) is 86.0 Å². The first-order valence-electron chi connectivity index (χ1n) is 10.8. The van der Waals surface area contributed by atoms with Crippen molar-refractivity contribution in [2.45, 2.75) is 45.5 Å². The highest BCUT2D eigenvalue weighted by molar-refractivity contribution is 7.98. The Morgan fingerprint density at radius 3 is 2.62 bits per heavy atom. The molecule has 176 valence electrons. The molecule has 0 spiro atoms. The number of benzene rings is 2. The first-order chi connectivity index (χ1) is 16.4. The van der Waals surface area contributed by atoms with Crippen LogP contribution in [0.25, 0.3) is 5.69 Å². The van der Waals surface area contributed by atoms with Gasteiger partial charge in [0.25, 0.3) is 0 Å². The van der Waals surface area contributed by atoms with Crippen molar-refractivity contribution in [3.05, 3.63) is 64.2 Å². The van der Waals surface area contributed by atoms with Crippen molar-refractivity contribution in [1.29, 1.82) is 0 Å². The summed E-state index contributed by atoms with van der Waals surface area (Å²) in [5.41, 5.74) is 5.79. The number of anilines is 2. The van der Waals surface area contributed by atoms with Gasteiger partial charge < -0.3 is 4.74 Å². The Hall–Kier alpha value is -3.24. The quantitative estimate of drug-likeness (QED) is 0.302. The van der Waals surface area contributed by atoms with E-state index in [2.05, 4.69) is 34.6 Å². The van der Waals surface area contributed by atoms with Crippen LogP contribution in [0.3, 0.4) is 0 Å². The van der Waals surface area contributed by atoms with E-state index in [0.29, 0.717) is 22.6 Å². The van der Waals surface area contributed by atoms with Crippen molar-refractivity contribution >= 4 is 39.8 Å². The molecule has 8 nitrogen and oxygen atoms in total. The predicted octanol–water partition coefficient (Wildman–Crippen LogP) is 5.42. The first kappa shape index (κ1) is 23.9. The molecule has 0 aliphatic rings. The van der Waals surface area contributed by atoms with Crippen molar-refractivity contribution in [2.75, 3.05) is 11.5 Å². The molecule has 4 aromatic rings. The van der Waals surface area contributed by atoms with Gasteiger partial charge in [0.2, 0.25) is 11.1 Å². The summed E-state index contributed by atoms with van der Waals surface area (Å²) < 4.78 is 7.40. The summed E-state index contributed by atoms with van der Waals surface area (Å²) in [7, 11) is 0. The molecule has 0 N–H and O–H groups in total. The summed E-state index contributed by atoms with van der Waals surface area (Å²) in [6, 6.07) is 11.8. The van der Waals surface area contributed by atoms with Gasteiger partial charge in [-0.1, -0.05) is 41.6 Å². The molecule has 0 saturated carbocycles. The molecule has 2 aromatic carbocycles. The number of hydrogen-bond acceptors (Lipinski definition) is 8. The molecular formula is C24H26N6O2S2. The number of aromatic nitrogens is 5. The third-order valence-electron chi connectivity index (χ3n) is 5.09. The molecule has 2 heterocycles. The highest BCUT2D eigenvalue weighted by Gasteiger charge is 2.22. The van der Waals surface area contributed by atoms with Crippen molar-refractivity contribution < 1.29 is 9.53 Å². The second kappa shape index (κ2) is 10.4. The molecule has 0 radical (unpaired) electrons. The summed E-state index contributed by atoms with van der Waals surface area (Å²) in [6.45, 7) is 10.2. The van der Waals surface area contributed by atoms with E-state index in [-0.39, 0.29) is 5.91 Å². The molecule has 0 unspecified atom stereocenters. The van der Waals surface area contributed by atoms with E-state index in [1.54, 1.807) is 16.5 Å². The smallest absolute Gasteiger partial charge is 0.230 e. The summed E-state index contributed by atoms with van der Waals surface area (Å²) in [4.78, 5) is 19.1. The average molecular weight is 495 g/mol. The molecule has 2 aromatic heterocycles. The lowest BCUT2D eigenvalue weighted by Gasteiger charge is -2.23. The van der Waals surface area contributed by atoms with Crippen molar-refractivity contribution in [1.82, 2.24) is 25.2 Å². The Morgan fingerprint density at radius 1 is 1.18 bits per heavy atom. The summed E-state index contributed by atoms with van der Waals surface area (Å²) in [6.07, 6.45) is 0. The minimum Gasteiger partial charge on any atom is -0.492 e. The number of hydrogen-bond donors (Lipinski definition) is 0. The lowest BCUT2D eigenvalue weighted by Crippen LogP contribution is -2.24. The molecule has 0 fully saturated rings. The average Bonchev–Trinajstić information content (AvgIpc) is 3.44.